The number of nitrogens with one attached hydrogen (secondary N) is 3. The van der Waals surface area contributed by atoms with Crippen LogP contribution < -0.4 is 20.5 Å². The molecular weight excluding hydrogens is 614 g/mol. The van der Waals surface area contributed by atoms with Crippen LogP contribution in [0.1, 0.15) is 80.7 Å². The SMILES string of the molecule is O=c1[nH]c(CCCCC2CCCCC2)cn1-c1ccc(NS(=O)(=O)c2ccc3c(c2)CCC(CNCC(O)c2cccnc2)O3)cc1. The Labute approximate surface area is 276 Å². The van der Waals surface area contributed by atoms with Crippen LogP contribution in [0, 0.1) is 5.92 Å². The van der Waals surface area contributed by atoms with Gasteiger partial charge >= 0.3 is 5.69 Å². The van der Waals surface area contributed by atoms with E-state index < -0.39 is 16.1 Å². The first-order valence-electron chi connectivity index (χ1n) is 16.9. The molecule has 2 aromatic heterocycles. The molecular formula is C36H45N5O5S. The lowest BCUT2D eigenvalue weighted by Crippen LogP contribution is -2.36. The predicted octanol–water partition coefficient (Wildman–Crippen LogP) is 5.67. The molecule has 11 heteroatoms. The number of aliphatic hydroxyl groups excluding tert-OH is 1. The van der Waals surface area contributed by atoms with Gasteiger partial charge in [-0.3, -0.25) is 14.3 Å². The van der Waals surface area contributed by atoms with Crippen molar-refractivity contribution < 1.29 is 18.3 Å². The third-order valence-corrected chi connectivity index (χ3v) is 10.7. The summed E-state index contributed by atoms with van der Waals surface area (Å²) in [6, 6.07) is 15.4. The number of aliphatic hydroxyl groups is 1. The highest BCUT2D eigenvalue weighted by atomic mass is 32.2. The van der Waals surface area contributed by atoms with E-state index in [0.29, 0.717) is 36.6 Å². The molecule has 0 saturated heterocycles. The summed E-state index contributed by atoms with van der Waals surface area (Å²) in [5, 5.41) is 13.6. The second kappa shape index (κ2) is 15.3. The fourth-order valence-corrected chi connectivity index (χ4v) is 7.80. The first-order chi connectivity index (χ1) is 22.8. The van der Waals surface area contributed by atoms with Gasteiger partial charge in [0.15, 0.2) is 0 Å². The van der Waals surface area contributed by atoms with Crippen molar-refractivity contribution in [2.75, 3.05) is 17.8 Å². The first-order valence-corrected chi connectivity index (χ1v) is 18.3. The van der Waals surface area contributed by atoms with Gasteiger partial charge < -0.3 is 20.1 Å². The zero-order valence-corrected chi connectivity index (χ0v) is 27.6. The number of anilines is 1. The molecule has 0 radical (unpaired) electrons. The minimum Gasteiger partial charge on any atom is -0.489 e. The minimum atomic E-state index is -3.84. The van der Waals surface area contributed by atoms with E-state index in [0.717, 1.165) is 42.0 Å². The highest BCUT2D eigenvalue weighted by molar-refractivity contribution is 7.92. The van der Waals surface area contributed by atoms with Gasteiger partial charge in [-0.1, -0.05) is 51.0 Å². The van der Waals surface area contributed by atoms with Crippen molar-refractivity contribution in [1.29, 1.82) is 0 Å². The number of nitrogens with zero attached hydrogens (tertiary/aromatic N) is 2. The lowest BCUT2D eigenvalue weighted by molar-refractivity contribution is 0.146. The zero-order chi connectivity index (χ0) is 32.6. The quantitative estimate of drug-likeness (QED) is 0.128. The summed E-state index contributed by atoms with van der Waals surface area (Å²) in [6.45, 7) is 0.941. The Morgan fingerprint density at radius 2 is 1.87 bits per heavy atom. The number of rotatable bonds is 14. The van der Waals surface area contributed by atoms with Gasteiger partial charge in [0.05, 0.1) is 16.7 Å². The maximum absolute atomic E-state index is 13.3. The summed E-state index contributed by atoms with van der Waals surface area (Å²) in [5.41, 5.74) is 3.40. The van der Waals surface area contributed by atoms with Crippen LogP contribution in [0.4, 0.5) is 5.69 Å². The molecule has 1 aliphatic carbocycles. The largest absolute Gasteiger partial charge is 0.489 e. The molecule has 10 nitrogen and oxygen atoms in total. The Morgan fingerprint density at radius 3 is 2.66 bits per heavy atom. The van der Waals surface area contributed by atoms with Crippen LogP contribution in [0.2, 0.25) is 0 Å². The number of benzene rings is 2. The Kier molecular flexibility index (Phi) is 10.7. The third kappa shape index (κ3) is 8.71. The van der Waals surface area contributed by atoms with Crippen LogP contribution in [0.25, 0.3) is 5.69 Å². The molecule has 250 valence electrons. The van der Waals surface area contributed by atoms with Crippen LogP contribution >= 0.6 is 0 Å². The number of hydrogen-bond donors (Lipinski definition) is 4. The number of pyridine rings is 1. The van der Waals surface area contributed by atoms with Crippen LogP contribution in [0.5, 0.6) is 5.75 Å². The maximum atomic E-state index is 13.3. The van der Waals surface area contributed by atoms with E-state index in [-0.39, 0.29) is 16.7 Å². The summed E-state index contributed by atoms with van der Waals surface area (Å²) in [5.74, 6) is 1.54. The molecule has 2 unspecified atom stereocenters. The molecule has 0 bridgehead atoms. The number of aryl methyl sites for hydroxylation is 2. The lowest BCUT2D eigenvalue weighted by atomic mass is 9.85. The minimum absolute atomic E-state index is 0.0856. The molecule has 1 saturated carbocycles. The number of sulfonamides is 1. The van der Waals surface area contributed by atoms with Gasteiger partial charge in [-0.2, -0.15) is 0 Å². The number of hydrogen-bond acceptors (Lipinski definition) is 7. The molecule has 0 spiro atoms. The van der Waals surface area contributed by atoms with Crippen LogP contribution in [-0.2, 0) is 22.9 Å². The number of imidazole rings is 1. The van der Waals surface area contributed by atoms with Crippen molar-refractivity contribution >= 4 is 15.7 Å². The lowest BCUT2D eigenvalue weighted by Gasteiger charge is -2.27. The highest BCUT2D eigenvalue weighted by Gasteiger charge is 2.23. The monoisotopic (exact) mass is 659 g/mol. The Balaban J connectivity index is 0.995. The van der Waals surface area contributed by atoms with E-state index in [9.17, 15) is 18.3 Å². The van der Waals surface area contributed by atoms with Gasteiger partial charge in [-0.15, -0.1) is 0 Å². The van der Waals surface area contributed by atoms with Gasteiger partial charge in [-0.05, 0) is 85.7 Å². The molecule has 2 aliphatic rings. The summed E-state index contributed by atoms with van der Waals surface area (Å²) in [6.07, 6.45) is 17.0. The maximum Gasteiger partial charge on any atom is 0.330 e. The third-order valence-electron chi connectivity index (χ3n) is 9.35. The van der Waals surface area contributed by atoms with E-state index >= 15 is 0 Å². The van der Waals surface area contributed by atoms with Crippen molar-refractivity contribution in [3.63, 3.8) is 0 Å². The fourth-order valence-electron chi connectivity index (χ4n) is 6.70. The van der Waals surface area contributed by atoms with Crippen molar-refractivity contribution in [1.82, 2.24) is 19.9 Å². The Morgan fingerprint density at radius 1 is 1.04 bits per heavy atom. The number of fused-ring (bicyclic) bond motifs is 1. The number of H-pyrrole nitrogens is 1. The topological polar surface area (TPSA) is 138 Å². The zero-order valence-electron chi connectivity index (χ0n) is 26.7. The number of aromatic nitrogens is 3. The van der Waals surface area contributed by atoms with E-state index in [4.69, 9.17) is 4.74 Å². The van der Waals surface area contributed by atoms with E-state index in [1.54, 1.807) is 65.5 Å². The average molecular weight is 660 g/mol. The van der Waals surface area contributed by atoms with Crippen molar-refractivity contribution in [3.05, 3.63) is 100 Å². The van der Waals surface area contributed by atoms with Gasteiger partial charge in [0, 0.05) is 48.6 Å². The summed E-state index contributed by atoms with van der Waals surface area (Å²) >= 11 is 0. The van der Waals surface area contributed by atoms with E-state index in [1.165, 1.54) is 44.9 Å². The average Bonchev–Trinajstić information content (AvgIpc) is 3.47. The summed E-state index contributed by atoms with van der Waals surface area (Å²) in [4.78, 5) is 19.8. The van der Waals surface area contributed by atoms with Gasteiger partial charge in [-0.25, -0.2) is 13.2 Å². The predicted molar refractivity (Wildman–Crippen MR) is 183 cm³/mol. The van der Waals surface area contributed by atoms with Gasteiger partial charge in [0.1, 0.15) is 11.9 Å². The Hall–Kier alpha value is -3.93. The molecule has 6 rings (SSSR count). The van der Waals surface area contributed by atoms with E-state index in [1.807, 2.05) is 12.3 Å². The van der Waals surface area contributed by atoms with Crippen molar-refractivity contribution in [2.45, 2.75) is 87.7 Å². The normalized spacial score (nSPS) is 17.5. The van der Waals surface area contributed by atoms with Crippen LogP contribution in [0.15, 0.2) is 82.9 Å². The molecule has 2 aromatic carbocycles. The molecule has 0 amide bonds. The molecule has 2 atom stereocenters. The van der Waals surface area contributed by atoms with Gasteiger partial charge in [0.25, 0.3) is 10.0 Å². The Bertz CT molecular complexity index is 1770. The first kappa shape index (κ1) is 33.0. The second-order valence-electron chi connectivity index (χ2n) is 12.9. The van der Waals surface area contributed by atoms with E-state index in [2.05, 4.69) is 20.0 Å². The fraction of sp³-hybridized carbons (Fsp3) is 0.444. The van der Waals surface area contributed by atoms with Gasteiger partial charge in [0.2, 0.25) is 0 Å². The standard InChI is InChI=1S/C36H45N5O5S/c42-34(28-10-6-20-37-22-28)24-38-23-32-17-12-27-21-33(18-19-35(27)46-32)47(44,45)40-29-13-15-31(16-14-29)41-25-30(39-36(41)43)11-5-4-9-26-7-2-1-3-8-26/h6,10,13-16,18-22,25-26,32,34,38,40,42H,1-5,7-9,11-12,17,23-24H2,(H,39,43). The summed E-state index contributed by atoms with van der Waals surface area (Å²) in [7, 11) is -3.84. The highest BCUT2D eigenvalue weighted by Crippen LogP contribution is 2.31. The molecule has 47 heavy (non-hydrogen) atoms. The molecule has 1 fully saturated rings. The van der Waals surface area contributed by atoms with Crippen molar-refractivity contribution in [3.8, 4) is 11.4 Å². The van der Waals surface area contributed by atoms with Crippen LogP contribution in [0.3, 0.4) is 0 Å². The molecule has 3 heterocycles. The number of unbranched alkanes of at least 4 members (excludes halogenated alkanes) is 1. The number of aromatic amines is 1. The molecule has 4 aromatic rings. The molecule has 4 N–H and O–H groups in total. The smallest absolute Gasteiger partial charge is 0.330 e. The summed E-state index contributed by atoms with van der Waals surface area (Å²) < 4.78 is 36.9. The second-order valence-corrected chi connectivity index (χ2v) is 14.5. The number of ether oxygens (including phenoxy) is 1. The van der Waals surface area contributed by atoms with Crippen LogP contribution in [-0.4, -0.2) is 47.3 Å². The molecule has 1 aliphatic heterocycles. The van der Waals surface area contributed by atoms with Crippen molar-refractivity contribution in [2.24, 2.45) is 5.92 Å².